The predicted octanol–water partition coefficient (Wildman–Crippen LogP) is 11.9. The van der Waals surface area contributed by atoms with Crippen molar-refractivity contribution >= 4 is 64.6 Å². The average Bonchev–Trinajstić information content (AvgIpc) is 3.07. The maximum Gasteiger partial charge on any atom is -0.00259 e. The van der Waals surface area contributed by atoms with Crippen molar-refractivity contribution in [2.75, 3.05) is 0 Å². The molecular formula is C42H26. The molecule has 0 atom stereocenters. The van der Waals surface area contributed by atoms with Crippen molar-refractivity contribution in [3.05, 3.63) is 158 Å². The lowest BCUT2D eigenvalue weighted by Crippen LogP contribution is -1.90. The standard InChI is InChI=1S/C42H26/c1-2-12-28-23-30(22-21-27(28)11-1)39-25-31-26-41(36-18-8-10-20-38(36)42(31)37-19-9-7-17-35(37)39)40-24-29-13-3-4-14-32(29)33-15-5-6-16-34(33)40/h1-26H. The summed E-state index contributed by atoms with van der Waals surface area (Å²) >= 11 is 0. The SMILES string of the molecule is c1ccc2cc(-c3cc4cc(-c5cc6ccccc6c6ccccc56)c5ccccc5c4c4ccccc34)ccc2c1. The zero-order valence-electron chi connectivity index (χ0n) is 23.0. The molecular weight excluding hydrogens is 504 g/mol. The lowest BCUT2D eigenvalue weighted by atomic mass is 9.85. The first-order valence-electron chi connectivity index (χ1n) is 14.6. The van der Waals surface area contributed by atoms with Crippen LogP contribution < -0.4 is 0 Å². The third-order valence-corrected chi connectivity index (χ3v) is 8.98. The van der Waals surface area contributed by atoms with Gasteiger partial charge in [0.2, 0.25) is 0 Å². The van der Waals surface area contributed by atoms with Crippen LogP contribution >= 0.6 is 0 Å². The predicted molar refractivity (Wildman–Crippen MR) is 182 cm³/mol. The maximum atomic E-state index is 2.44. The zero-order valence-corrected chi connectivity index (χ0v) is 23.0. The molecule has 0 saturated carbocycles. The van der Waals surface area contributed by atoms with E-state index < -0.39 is 0 Å². The van der Waals surface area contributed by atoms with E-state index in [2.05, 4.69) is 158 Å². The molecule has 0 N–H and O–H groups in total. The molecule has 9 aromatic rings. The molecule has 0 spiro atoms. The fourth-order valence-electron chi connectivity index (χ4n) is 7.08. The van der Waals surface area contributed by atoms with E-state index >= 15 is 0 Å². The molecule has 0 bridgehead atoms. The van der Waals surface area contributed by atoms with E-state index in [4.69, 9.17) is 0 Å². The molecule has 0 saturated heterocycles. The smallest absolute Gasteiger partial charge is 0.00259 e. The second-order valence-corrected chi connectivity index (χ2v) is 11.3. The van der Waals surface area contributed by atoms with Crippen LogP contribution in [-0.4, -0.2) is 0 Å². The van der Waals surface area contributed by atoms with Gasteiger partial charge in [-0.05, 0) is 111 Å². The molecule has 0 aliphatic heterocycles. The summed E-state index contributed by atoms with van der Waals surface area (Å²) in [5.74, 6) is 0. The van der Waals surface area contributed by atoms with Crippen LogP contribution in [0.25, 0.3) is 86.9 Å². The Labute approximate surface area is 244 Å². The molecule has 0 heterocycles. The normalized spacial score (nSPS) is 11.8. The Hall–Kier alpha value is -5.46. The number of rotatable bonds is 2. The Balaban J connectivity index is 1.43. The third kappa shape index (κ3) is 3.42. The van der Waals surface area contributed by atoms with Crippen LogP contribution in [-0.2, 0) is 0 Å². The summed E-state index contributed by atoms with van der Waals surface area (Å²) in [5, 5.41) is 15.4. The van der Waals surface area contributed by atoms with E-state index in [-0.39, 0.29) is 0 Å². The summed E-state index contributed by atoms with van der Waals surface area (Å²) in [4.78, 5) is 0. The minimum absolute atomic E-state index is 1.25. The van der Waals surface area contributed by atoms with Crippen molar-refractivity contribution < 1.29 is 0 Å². The number of hydrogen-bond acceptors (Lipinski definition) is 0. The summed E-state index contributed by atoms with van der Waals surface area (Å²) in [7, 11) is 0. The van der Waals surface area contributed by atoms with Gasteiger partial charge in [0.1, 0.15) is 0 Å². The van der Waals surface area contributed by atoms with Gasteiger partial charge in [0.25, 0.3) is 0 Å². The van der Waals surface area contributed by atoms with E-state index in [1.54, 1.807) is 0 Å². The lowest BCUT2D eigenvalue weighted by molar-refractivity contribution is 1.69. The fourth-order valence-corrected chi connectivity index (χ4v) is 7.08. The van der Waals surface area contributed by atoms with Gasteiger partial charge in [0.05, 0.1) is 0 Å². The second-order valence-electron chi connectivity index (χ2n) is 11.3. The first-order valence-corrected chi connectivity index (χ1v) is 14.6. The van der Waals surface area contributed by atoms with Gasteiger partial charge in [0.15, 0.2) is 0 Å². The van der Waals surface area contributed by atoms with E-state index in [1.165, 1.54) is 86.9 Å². The molecule has 0 aliphatic carbocycles. The van der Waals surface area contributed by atoms with Crippen LogP contribution in [0.4, 0.5) is 0 Å². The highest BCUT2D eigenvalue weighted by atomic mass is 14.2. The van der Waals surface area contributed by atoms with E-state index in [0.717, 1.165) is 0 Å². The third-order valence-electron chi connectivity index (χ3n) is 8.98. The van der Waals surface area contributed by atoms with Crippen molar-refractivity contribution in [2.24, 2.45) is 0 Å². The molecule has 0 amide bonds. The van der Waals surface area contributed by atoms with E-state index in [1.807, 2.05) is 0 Å². The first kappa shape index (κ1) is 23.3. The molecule has 194 valence electrons. The molecule has 0 nitrogen and oxygen atoms in total. The van der Waals surface area contributed by atoms with Crippen LogP contribution in [0.1, 0.15) is 0 Å². The lowest BCUT2D eigenvalue weighted by Gasteiger charge is -2.18. The minimum Gasteiger partial charge on any atom is -0.0616 e. The van der Waals surface area contributed by atoms with Crippen molar-refractivity contribution in [2.45, 2.75) is 0 Å². The van der Waals surface area contributed by atoms with Gasteiger partial charge in [-0.15, -0.1) is 0 Å². The van der Waals surface area contributed by atoms with Crippen LogP contribution in [0.3, 0.4) is 0 Å². The molecule has 42 heavy (non-hydrogen) atoms. The monoisotopic (exact) mass is 530 g/mol. The average molecular weight is 531 g/mol. The summed E-state index contributed by atoms with van der Waals surface area (Å²) in [6, 6.07) is 58.2. The van der Waals surface area contributed by atoms with Crippen LogP contribution in [0.5, 0.6) is 0 Å². The molecule has 9 aromatic carbocycles. The summed E-state index contributed by atoms with van der Waals surface area (Å²) in [5.41, 5.74) is 5.08. The van der Waals surface area contributed by atoms with Gasteiger partial charge in [-0.2, -0.15) is 0 Å². The first-order chi connectivity index (χ1) is 20.8. The summed E-state index contributed by atoms with van der Waals surface area (Å²) in [6.07, 6.45) is 0. The van der Waals surface area contributed by atoms with Gasteiger partial charge >= 0.3 is 0 Å². The minimum atomic E-state index is 1.25. The van der Waals surface area contributed by atoms with E-state index in [9.17, 15) is 0 Å². The van der Waals surface area contributed by atoms with Crippen molar-refractivity contribution in [3.8, 4) is 22.3 Å². The number of fused-ring (bicyclic) bond motifs is 9. The molecule has 0 fully saturated rings. The van der Waals surface area contributed by atoms with Gasteiger partial charge in [-0.25, -0.2) is 0 Å². The van der Waals surface area contributed by atoms with E-state index in [0.29, 0.717) is 0 Å². The Bertz CT molecular complexity index is 2510. The number of benzene rings is 9. The van der Waals surface area contributed by atoms with Crippen LogP contribution in [0, 0.1) is 0 Å². The number of hydrogen-bond donors (Lipinski definition) is 0. The Morgan fingerprint density at radius 1 is 0.238 bits per heavy atom. The van der Waals surface area contributed by atoms with Gasteiger partial charge in [0, 0.05) is 0 Å². The van der Waals surface area contributed by atoms with Crippen LogP contribution in [0.15, 0.2) is 158 Å². The second kappa shape index (κ2) is 9.03. The van der Waals surface area contributed by atoms with Crippen LogP contribution in [0.2, 0.25) is 0 Å². The molecule has 0 radical (unpaired) electrons. The van der Waals surface area contributed by atoms with Gasteiger partial charge in [-0.3, -0.25) is 0 Å². The Morgan fingerprint density at radius 3 is 1.38 bits per heavy atom. The fraction of sp³-hybridized carbons (Fsp3) is 0. The zero-order chi connectivity index (χ0) is 27.6. The highest BCUT2D eigenvalue weighted by molar-refractivity contribution is 6.27. The van der Waals surface area contributed by atoms with Crippen molar-refractivity contribution in [1.29, 1.82) is 0 Å². The van der Waals surface area contributed by atoms with Crippen molar-refractivity contribution in [1.82, 2.24) is 0 Å². The molecule has 0 unspecified atom stereocenters. The Kier molecular flexibility index (Phi) is 5.00. The topological polar surface area (TPSA) is 0 Å². The van der Waals surface area contributed by atoms with Gasteiger partial charge < -0.3 is 0 Å². The molecule has 0 heteroatoms. The highest BCUT2D eigenvalue weighted by Gasteiger charge is 2.16. The quantitative estimate of drug-likeness (QED) is 0.195. The summed E-state index contributed by atoms with van der Waals surface area (Å²) in [6.45, 7) is 0. The summed E-state index contributed by atoms with van der Waals surface area (Å²) < 4.78 is 0. The van der Waals surface area contributed by atoms with Gasteiger partial charge in [-0.1, -0.05) is 133 Å². The highest BCUT2D eigenvalue weighted by Crippen LogP contribution is 2.44. The molecule has 9 rings (SSSR count). The Morgan fingerprint density at radius 2 is 0.690 bits per heavy atom. The molecule has 0 aromatic heterocycles. The maximum absolute atomic E-state index is 2.44. The largest absolute Gasteiger partial charge is 0.0616 e. The van der Waals surface area contributed by atoms with Crippen molar-refractivity contribution in [3.63, 3.8) is 0 Å². The molecule has 0 aliphatic rings.